The van der Waals surface area contributed by atoms with E-state index < -0.39 is 22.2 Å². The molecule has 26 heavy (non-hydrogen) atoms. The van der Waals surface area contributed by atoms with E-state index in [9.17, 15) is 24.8 Å². The van der Waals surface area contributed by atoms with Crippen LogP contribution in [0, 0.1) is 21.4 Å². The molecule has 0 aliphatic carbocycles. The Hall–Kier alpha value is -2.84. The largest absolute Gasteiger partial charge is 0.486 e. The van der Waals surface area contributed by atoms with Gasteiger partial charge in [0.05, 0.1) is 16.4 Å². The molecule has 0 bridgehead atoms. The van der Waals surface area contributed by atoms with Crippen LogP contribution in [-0.2, 0) is 4.79 Å². The first-order valence-electron chi connectivity index (χ1n) is 8.37. The molecule has 1 aromatic carbocycles. The molecular weight excluding hydrogens is 344 g/mol. The number of carbonyl (C=O) groups is 2. The Kier molecular flexibility index (Phi) is 4.47. The second kappa shape index (κ2) is 6.47. The molecule has 9 nitrogen and oxygen atoms in total. The minimum absolute atomic E-state index is 0.0183. The van der Waals surface area contributed by atoms with Crippen LogP contribution in [0.3, 0.4) is 0 Å². The van der Waals surface area contributed by atoms with Crippen LogP contribution in [0.5, 0.6) is 11.5 Å². The van der Waals surface area contributed by atoms with Crippen LogP contribution in [0.2, 0.25) is 0 Å². The van der Waals surface area contributed by atoms with Crippen molar-refractivity contribution in [3.05, 3.63) is 27.8 Å². The van der Waals surface area contributed by atoms with Crippen LogP contribution in [-0.4, -0.2) is 53.1 Å². The molecule has 1 amide bonds. The average molecular weight is 364 g/mol. The van der Waals surface area contributed by atoms with E-state index >= 15 is 0 Å². The molecule has 0 aromatic heterocycles. The number of rotatable bonds is 4. The van der Waals surface area contributed by atoms with Gasteiger partial charge in [-0.25, -0.2) is 0 Å². The number of carboxylic acid groups (broad SMARTS) is 1. The SMILES string of the molecule is CC(C)C1(C(=O)O)CCN(C(=O)c2cc3c(cc2[N+](=O)[O-])OCCO3)C1. The predicted molar refractivity (Wildman–Crippen MR) is 89.5 cm³/mol. The van der Waals surface area contributed by atoms with E-state index in [1.165, 1.54) is 17.0 Å². The number of nitrogens with zero attached hydrogens (tertiary/aromatic N) is 2. The van der Waals surface area contributed by atoms with Gasteiger partial charge in [0.1, 0.15) is 18.8 Å². The van der Waals surface area contributed by atoms with Gasteiger partial charge in [-0.05, 0) is 12.3 Å². The fourth-order valence-corrected chi connectivity index (χ4v) is 3.47. The summed E-state index contributed by atoms with van der Waals surface area (Å²) in [6.45, 7) is 4.42. The summed E-state index contributed by atoms with van der Waals surface area (Å²) in [4.78, 5) is 36.8. The lowest BCUT2D eigenvalue weighted by Gasteiger charge is -2.28. The number of aliphatic carboxylic acids is 1. The van der Waals surface area contributed by atoms with Crippen LogP contribution in [0.1, 0.15) is 30.6 Å². The van der Waals surface area contributed by atoms with E-state index in [0.717, 1.165) is 0 Å². The van der Waals surface area contributed by atoms with Crippen LogP contribution in [0.25, 0.3) is 0 Å². The Bertz CT molecular complexity index is 777. The maximum atomic E-state index is 12.9. The van der Waals surface area contributed by atoms with Crippen molar-refractivity contribution in [2.45, 2.75) is 20.3 Å². The third-order valence-electron chi connectivity index (χ3n) is 5.21. The van der Waals surface area contributed by atoms with Gasteiger partial charge < -0.3 is 19.5 Å². The molecule has 2 aliphatic heterocycles. The standard InChI is InChI=1S/C17H20N2O7/c1-10(2)17(16(21)22)3-4-18(9-17)15(20)11-7-13-14(26-6-5-25-13)8-12(11)19(23)24/h7-8,10H,3-6,9H2,1-2H3,(H,21,22). The Morgan fingerprint density at radius 2 is 1.88 bits per heavy atom. The second-order valence-corrected chi connectivity index (χ2v) is 6.86. The monoisotopic (exact) mass is 364 g/mol. The van der Waals surface area contributed by atoms with E-state index in [1.807, 2.05) is 0 Å². The van der Waals surface area contributed by atoms with Crippen LogP contribution in [0.4, 0.5) is 5.69 Å². The van der Waals surface area contributed by atoms with Gasteiger partial charge in [0.25, 0.3) is 11.6 Å². The summed E-state index contributed by atoms with van der Waals surface area (Å²) >= 11 is 0. The first kappa shape index (κ1) is 18.0. The van der Waals surface area contributed by atoms with Crippen molar-refractivity contribution in [2.75, 3.05) is 26.3 Å². The van der Waals surface area contributed by atoms with Crippen molar-refractivity contribution < 1.29 is 29.1 Å². The molecule has 3 rings (SSSR count). The number of likely N-dealkylation sites (tertiary alicyclic amines) is 1. The number of fused-ring (bicyclic) bond motifs is 1. The zero-order chi connectivity index (χ0) is 19.1. The van der Waals surface area contributed by atoms with E-state index in [0.29, 0.717) is 6.42 Å². The Morgan fingerprint density at radius 1 is 1.27 bits per heavy atom. The smallest absolute Gasteiger partial charge is 0.311 e. The average Bonchev–Trinajstić information content (AvgIpc) is 3.07. The second-order valence-electron chi connectivity index (χ2n) is 6.86. The highest BCUT2D eigenvalue weighted by atomic mass is 16.6. The lowest BCUT2D eigenvalue weighted by molar-refractivity contribution is -0.385. The summed E-state index contributed by atoms with van der Waals surface area (Å²) < 4.78 is 10.8. The third kappa shape index (κ3) is 2.83. The summed E-state index contributed by atoms with van der Waals surface area (Å²) in [5.74, 6) is -1.20. The number of hydrogen-bond acceptors (Lipinski definition) is 6. The van der Waals surface area contributed by atoms with E-state index in [1.54, 1.807) is 13.8 Å². The van der Waals surface area contributed by atoms with Gasteiger partial charge in [0.2, 0.25) is 0 Å². The molecule has 0 radical (unpaired) electrons. The van der Waals surface area contributed by atoms with Crippen molar-refractivity contribution in [1.29, 1.82) is 0 Å². The van der Waals surface area contributed by atoms with Crippen LogP contribution < -0.4 is 9.47 Å². The molecule has 1 atom stereocenters. The molecular formula is C17H20N2O7. The highest BCUT2D eigenvalue weighted by Gasteiger charge is 2.49. The molecule has 0 saturated carbocycles. The van der Waals surface area contributed by atoms with Gasteiger partial charge in [-0.2, -0.15) is 0 Å². The number of hydrogen-bond donors (Lipinski definition) is 1. The lowest BCUT2D eigenvalue weighted by atomic mass is 9.76. The number of nitro benzene ring substituents is 1. The normalized spacial score (nSPS) is 21.7. The minimum Gasteiger partial charge on any atom is -0.486 e. The third-order valence-corrected chi connectivity index (χ3v) is 5.21. The summed E-state index contributed by atoms with van der Waals surface area (Å²) in [5, 5.41) is 21.0. The molecule has 0 spiro atoms. The van der Waals surface area contributed by atoms with Crippen molar-refractivity contribution >= 4 is 17.6 Å². The molecule has 1 saturated heterocycles. The Balaban J connectivity index is 1.95. The number of carbonyl (C=O) groups excluding carboxylic acids is 1. The molecule has 2 aliphatic rings. The Morgan fingerprint density at radius 3 is 2.38 bits per heavy atom. The van der Waals surface area contributed by atoms with Crippen LogP contribution >= 0.6 is 0 Å². The van der Waals surface area contributed by atoms with Crippen molar-refractivity contribution in [3.8, 4) is 11.5 Å². The Labute approximate surface area is 149 Å². The predicted octanol–water partition coefficient (Wildman–Crippen LogP) is 1.94. The fourth-order valence-electron chi connectivity index (χ4n) is 3.47. The summed E-state index contributed by atoms with van der Waals surface area (Å²) in [5.41, 5.74) is -1.54. The first-order valence-corrected chi connectivity index (χ1v) is 8.37. The summed E-state index contributed by atoms with van der Waals surface area (Å²) in [7, 11) is 0. The first-order chi connectivity index (χ1) is 12.3. The van der Waals surface area contributed by atoms with Crippen molar-refractivity contribution in [1.82, 2.24) is 4.90 Å². The quantitative estimate of drug-likeness (QED) is 0.640. The van der Waals surface area contributed by atoms with Gasteiger partial charge in [0.15, 0.2) is 11.5 Å². The summed E-state index contributed by atoms with van der Waals surface area (Å²) in [6.07, 6.45) is 0.310. The molecule has 1 N–H and O–H groups in total. The van der Waals surface area contributed by atoms with E-state index in [-0.39, 0.29) is 55.0 Å². The number of ether oxygens (including phenoxy) is 2. The highest BCUT2D eigenvalue weighted by molar-refractivity contribution is 5.99. The number of nitro groups is 1. The highest BCUT2D eigenvalue weighted by Crippen LogP contribution is 2.41. The van der Waals surface area contributed by atoms with Gasteiger partial charge in [-0.3, -0.25) is 19.7 Å². The van der Waals surface area contributed by atoms with Gasteiger partial charge in [-0.1, -0.05) is 13.8 Å². The van der Waals surface area contributed by atoms with Gasteiger partial charge in [-0.15, -0.1) is 0 Å². The van der Waals surface area contributed by atoms with Crippen LogP contribution in [0.15, 0.2) is 12.1 Å². The number of carboxylic acids is 1. The summed E-state index contributed by atoms with van der Waals surface area (Å²) in [6, 6.07) is 2.50. The number of amides is 1. The van der Waals surface area contributed by atoms with Gasteiger partial charge >= 0.3 is 5.97 Å². The van der Waals surface area contributed by atoms with E-state index in [2.05, 4.69) is 0 Å². The molecule has 1 aromatic rings. The molecule has 9 heteroatoms. The van der Waals surface area contributed by atoms with E-state index in [4.69, 9.17) is 9.47 Å². The molecule has 1 unspecified atom stereocenters. The topological polar surface area (TPSA) is 119 Å². The van der Waals surface area contributed by atoms with Crippen molar-refractivity contribution in [3.63, 3.8) is 0 Å². The molecule has 2 heterocycles. The zero-order valence-corrected chi connectivity index (χ0v) is 14.6. The van der Waals surface area contributed by atoms with Crippen molar-refractivity contribution in [2.24, 2.45) is 11.3 Å². The molecule has 1 fully saturated rings. The van der Waals surface area contributed by atoms with Gasteiger partial charge in [0, 0.05) is 19.2 Å². The zero-order valence-electron chi connectivity index (χ0n) is 14.6. The molecule has 140 valence electrons. The lowest BCUT2D eigenvalue weighted by Crippen LogP contribution is -2.40. The maximum Gasteiger partial charge on any atom is 0.311 e. The number of benzene rings is 1. The fraction of sp³-hybridized carbons (Fsp3) is 0.529. The minimum atomic E-state index is -1.04. The maximum absolute atomic E-state index is 12.9.